The van der Waals surface area contributed by atoms with Crippen molar-refractivity contribution in [2.75, 3.05) is 6.54 Å². The van der Waals surface area contributed by atoms with E-state index in [1.807, 2.05) is 13.8 Å². The topological polar surface area (TPSA) is 52.3 Å². The minimum absolute atomic E-state index is 0.310. The molecule has 0 aliphatic heterocycles. The summed E-state index contributed by atoms with van der Waals surface area (Å²) in [5.41, 5.74) is 6.63. The summed E-state index contributed by atoms with van der Waals surface area (Å²) in [6.07, 6.45) is 18.5. The van der Waals surface area contributed by atoms with Crippen molar-refractivity contribution in [1.82, 2.24) is 0 Å². The maximum Gasteiger partial charge on any atom is 0.335 e. The summed E-state index contributed by atoms with van der Waals surface area (Å²) in [5, 5.41) is 0. The second-order valence-electron chi connectivity index (χ2n) is 7.86. The predicted molar refractivity (Wildman–Crippen MR) is 118 cm³/mol. The van der Waals surface area contributed by atoms with Crippen LogP contribution in [0.2, 0.25) is 0 Å². The molecular formula is C23H44ClNO2. The smallest absolute Gasteiger partial charge is 0.335 e. The van der Waals surface area contributed by atoms with E-state index < -0.39 is 5.56 Å². The number of halogens is 1. The Morgan fingerprint density at radius 3 is 1.70 bits per heavy atom. The highest BCUT2D eigenvalue weighted by atomic mass is 35.5. The SMILES string of the molecule is CCCCCCCCCCCCCCCC(Cl)OC(=O)C(CCN)=C(C)C. The van der Waals surface area contributed by atoms with Gasteiger partial charge in [0.2, 0.25) is 0 Å². The average molecular weight is 402 g/mol. The lowest BCUT2D eigenvalue weighted by atomic mass is 10.0. The van der Waals surface area contributed by atoms with Gasteiger partial charge in [-0.2, -0.15) is 0 Å². The molecule has 0 aliphatic rings. The van der Waals surface area contributed by atoms with E-state index in [1.54, 1.807) is 0 Å². The fourth-order valence-electron chi connectivity index (χ4n) is 3.27. The molecule has 0 heterocycles. The van der Waals surface area contributed by atoms with Gasteiger partial charge in [-0.1, -0.05) is 101 Å². The van der Waals surface area contributed by atoms with Gasteiger partial charge in [-0.3, -0.25) is 0 Å². The standard InChI is InChI=1S/C23H44ClNO2/c1-4-5-6-7-8-9-10-11-12-13-14-15-16-17-22(24)27-23(26)21(18-19-25)20(2)3/h22H,4-19,25H2,1-3H3. The van der Waals surface area contributed by atoms with E-state index in [0.29, 0.717) is 18.5 Å². The minimum atomic E-state index is -0.530. The van der Waals surface area contributed by atoms with Crippen LogP contribution < -0.4 is 5.73 Å². The first-order chi connectivity index (χ1) is 13.0. The van der Waals surface area contributed by atoms with E-state index in [-0.39, 0.29) is 5.97 Å². The van der Waals surface area contributed by atoms with Crippen LogP contribution in [0.15, 0.2) is 11.1 Å². The number of nitrogens with two attached hydrogens (primary N) is 1. The van der Waals surface area contributed by atoms with Crippen LogP contribution in [-0.2, 0) is 9.53 Å². The Hall–Kier alpha value is -0.540. The summed E-state index contributed by atoms with van der Waals surface area (Å²) < 4.78 is 5.35. The molecule has 2 N–H and O–H groups in total. The van der Waals surface area contributed by atoms with Crippen LogP contribution in [0, 0.1) is 0 Å². The molecule has 0 aromatic heterocycles. The monoisotopic (exact) mass is 401 g/mol. The van der Waals surface area contributed by atoms with Crippen LogP contribution in [0.25, 0.3) is 0 Å². The molecule has 0 rings (SSSR count). The van der Waals surface area contributed by atoms with Crippen LogP contribution in [0.4, 0.5) is 0 Å². The van der Waals surface area contributed by atoms with E-state index >= 15 is 0 Å². The van der Waals surface area contributed by atoms with Crippen molar-refractivity contribution in [3.8, 4) is 0 Å². The summed E-state index contributed by atoms with van der Waals surface area (Å²) in [5.74, 6) is -0.310. The Balaban J connectivity index is 3.54. The van der Waals surface area contributed by atoms with Crippen LogP contribution in [0.1, 0.15) is 117 Å². The first kappa shape index (κ1) is 26.5. The van der Waals surface area contributed by atoms with E-state index in [4.69, 9.17) is 22.1 Å². The molecule has 0 fully saturated rings. The van der Waals surface area contributed by atoms with Crippen molar-refractivity contribution in [1.29, 1.82) is 0 Å². The van der Waals surface area contributed by atoms with Gasteiger partial charge in [0, 0.05) is 5.57 Å². The van der Waals surface area contributed by atoms with Gasteiger partial charge in [-0.25, -0.2) is 4.79 Å². The number of ether oxygens (including phenoxy) is 1. The Kier molecular flexibility index (Phi) is 18.4. The van der Waals surface area contributed by atoms with Crippen molar-refractivity contribution in [2.24, 2.45) is 5.73 Å². The zero-order chi connectivity index (χ0) is 20.3. The lowest BCUT2D eigenvalue weighted by Gasteiger charge is -2.14. The largest absolute Gasteiger partial charge is 0.443 e. The molecule has 0 aromatic carbocycles. The second kappa shape index (κ2) is 18.8. The molecule has 27 heavy (non-hydrogen) atoms. The third-order valence-electron chi connectivity index (χ3n) is 5.01. The molecule has 160 valence electrons. The number of hydrogen-bond donors (Lipinski definition) is 1. The lowest BCUT2D eigenvalue weighted by molar-refractivity contribution is -0.141. The first-order valence-corrected chi connectivity index (χ1v) is 11.7. The van der Waals surface area contributed by atoms with Crippen molar-refractivity contribution in [3.63, 3.8) is 0 Å². The molecule has 0 spiro atoms. The average Bonchev–Trinajstić information content (AvgIpc) is 2.63. The van der Waals surface area contributed by atoms with Gasteiger partial charge in [-0.15, -0.1) is 0 Å². The summed E-state index contributed by atoms with van der Waals surface area (Å²) in [6.45, 7) is 6.52. The predicted octanol–water partition coefficient (Wildman–Crippen LogP) is 7.26. The third kappa shape index (κ3) is 16.1. The van der Waals surface area contributed by atoms with Crippen LogP contribution in [0.3, 0.4) is 0 Å². The zero-order valence-corrected chi connectivity index (χ0v) is 18.9. The molecule has 0 amide bonds. The minimum Gasteiger partial charge on any atom is -0.443 e. The van der Waals surface area contributed by atoms with E-state index in [9.17, 15) is 4.79 Å². The Bertz CT molecular complexity index is 392. The molecule has 0 aromatic rings. The molecule has 0 aliphatic carbocycles. The molecule has 1 unspecified atom stereocenters. The number of allylic oxidation sites excluding steroid dienone is 1. The number of carbonyl (C=O) groups excluding carboxylic acids is 1. The van der Waals surface area contributed by atoms with E-state index in [0.717, 1.165) is 24.8 Å². The van der Waals surface area contributed by atoms with Gasteiger partial charge in [-0.05, 0) is 39.7 Å². The zero-order valence-electron chi connectivity index (χ0n) is 18.2. The molecule has 0 bridgehead atoms. The summed E-state index contributed by atoms with van der Waals surface area (Å²) in [6, 6.07) is 0. The van der Waals surface area contributed by atoms with Crippen LogP contribution >= 0.6 is 11.6 Å². The van der Waals surface area contributed by atoms with Crippen LogP contribution in [0.5, 0.6) is 0 Å². The highest BCUT2D eigenvalue weighted by Crippen LogP contribution is 2.17. The second-order valence-corrected chi connectivity index (χ2v) is 8.35. The van der Waals surface area contributed by atoms with Gasteiger partial charge in [0.15, 0.2) is 5.56 Å². The summed E-state index contributed by atoms with van der Waals surface area (Å²) in [4.78, 5) is 12.1. The summed E-state index contributed by atoms with van der Waals surface area (Å²) >= 11 is 6.17. The fraction of sp³-hybridized carbons (Fsp3) is 0.870. The third-order valence-corrected chi connectivity index (χ3v) is 5.32. The maximum absolute atomic E-state index is 12.1. The first-order valence-electron chi connectivity index (χ1n) is 11.2. The van der Waals surface area contributed by atoms with Crippen molar-refractivity contribution in [2.45, 2.75) is 123 Å². The molecule has 3 nitrogen and oxygen atoms in total. The molecule has 0 saturated heterocycles. The van der Waals surface area contributed by atoms with E-state index in [1.165, 1.54) is 70.6 Å². The Morgan fingerprint density at radius 2 is 1.30 bits per heavy atom. The molecule has 1 atom stereocenters. The van der Waals surface area contributed by atoms with Gasteiger partial charge in [0.05, 0.1) is 0 Å². The van der Waals surface area contributed by atoms with Crippen molar-refractivity contribution in [3.05, 3.63) is 11.1 Å². The highest BCUT2D eigenvalue weighted by molar-refractivity contribution is 6.20. The summed E-state index contributed by atoms with van der Waals surface area (Å²) in [7, 11) is 0. The molecular weight excluding hydrogens is 358 g/mol. The number of unbranched alkanes of at least 4 members (excludes halogenated alkanes) is 12. The quantitative estimate of drug-likeness (QED) is 0.114. The van der Waals surface area contributed by atoms with Gasteiger partial charge < -0.3 is 10.5 Å². The normalized spacial score (nSPS) is 12.0. The number of hydrogen-bond acceptors (Lipinski definition) is 3. The molecule has 0 saturated carbocycles. The van der Waals surface area contributed by atoms with E-state index in [2.05, 4.69) is 6.92 Å². The number of carbonyl (C=O) groups is 1. The molecule has 0 radical (unpaired) electrons. The highest BCUT2D eigenvalue weighted by Gasteiger charge is 2.16. The number of rotatable bonds is 18. The number of alkyl halides is 1. The van der Waals surface area contributed by atoms with Gasteiger partial charge in [0.1, 0.15) is 0 Å². The fourth-order valence-corrected chi connectivity index (χ4v) is 3.50. The van der Waals surface area contributed by atoms with Crippen molar-refractivity contribution >= 4 is 17.6 Å². The van der Waals surface area contributed by atoms with Gasteiger partial charge in [0.25, 0.3) is 0 Å². The maximum atomic E-state index is 12.1. The Morgan fingerprint density at radius 1 is 0.852 bits per heavy atom. The van der Waals surface area contributed by atoms with Crippen LogP contribution in [-0.4, -0.2) is 18.1 Å². The number of esters is 1. The lowest BCUT2D eigenvalue weighted by Crippen LogP contribution is -2.17. The molecule has 4 heteroatoms. The Labute approximate surface area is 173 Å². The van der Waals surface area contributed by atoms with Gasteiger partial charge >= 0.3 is 5.97 Å². The van der Waals surface area contributed by atoms with Crippen molar-refractivity contribution < 1.29 is 9.53 Å².